The maximum atomic E-state index is 12.2. The van der Waals surface area contributed by atoms with E-state index in [1.165, 1.54) is 0 Å². The molecule has 1 amide bonds. The molecular weight excluding hydrogens is 290 g/mol. The Kier molecular flexibility index (Phi) is 4.71. The second-order valence-corrected chi connectivity index (χ2v) is 6.21. The molecule has 3 rings (SSSR count). The Morgan fingerprint density at radius 3 is 2.91 bits per heavy atom. The third kappa shape index (κ3) is 3.76. The van der Waals surface area contributed by atoms with Gasteiger partial charge >= 0.3 is 0 Å². The Bertz CT molecular complexity index is 664. The number of amides is 1. The number of nitrogens with one attached hydrogen (secondary N) is 1. The van der Waals surface area contributed by atoms with Crippen molar-refractivity contribution in [1.82, 2.24) is 19.9 Å². The van der Waals surface area contributed by atoms with Gasteiger partial charge in [0.15, 0.2) is 0 Å². The number of carbonyl (C=O) groups is 1. The van der Waals surface area contributed by atoms with Crippen LogP contribution in [-0.4, -0.2) is 26.5 Å². The van der Waals surface area contributed by atoms with Gasteiger partial charge in [0.2, 0.25) is 5.91 Å². The quantitative estimate of drug-likeness (QED) is 0.900. The van der Waals surface area contributed by atoms with Gasteiger partial charge in [-0.05, 0) is 37.8 Å². The number of rotatable bonds is 4. The minimum Gasteiger partial charge on any atom is -0.352 e. The Morgan fingerprint density at radius 1 is 1.39 bits per heavy atom. The zero-order valence-corrected chi connectivity index (χ0v) is 13.4. The molecule has 3 N–H and O–H groups in total. The highest BCUT2D eigenvalue weighted by Crippen LogP contribution is 2.23. The molecule has 2 heterocycles. The van der Waals surface area contributed by atoms with E-state index in [4.69, 9.17) is 5.73 Å². The van der Waals surface area contributed by atoms with E-state index in [0.29, 0.717) is 6.54 Å². The van der Waals surface area contributed by atoms with E-state index in [1.54, 1.807) is 12.4 Å². The average Bonchev–Trinajstić information content (AvgIpc) is 2.99. The Morgan fingerprint density at radius 2 is 2.26 bits per heavy atom. The van der Waals surface area contributed by atoms with Gasteiger partial charge < -0.3 is 11.1 Å². The summed E-state index contributed by atoms with van der Waals surface area (Å²) in [7, 11) is 0. The molecule has 0 saturated heterocycles. The molecule has 0 bridgehead atoms. The van der Waals surface area contributed by atoms with Gasteiger partial charge in [-0.15, -0.1) is 0 Å². The molecule has 2 aromatic rings. The van der Waals surface area contributed by atoms with Gasteiger partial charge in [0, 0.05) is 37.1 Å². The molecule has 6 nitrogen and oxygen atoms in total. The summed E-state index contributed by atoms with van der Waals surface area (Å²) in [6.45, 7) is 2.44. The molecule has 23 heavy (non-hydrogen) atoms. The highest BCUT2D eigenvalue weighted by Gasteiger charge is 2.24. The van der Waals surface area contributed by atoms with Crippen molar-refractivity contribution in [3.8, 4) is 5.82 Å². The summed E-state index contributed by atoms with van der Waals surface area (Å²) in [5.41, 5.74) is 6.93. The highest BCUT2D eigenvalue weighted by atomic mass is 16.1. The SMILES string of the molecule is Cc1nccn1-c1ccc(CNC(=O)C2CCCC(N)C2)cn1. The third-order valence-electron chi connectivity index (χ3n) is 4.43. The largest absolute Gasteiger partial charge is 0.352 e. The van der Waals surface area contributed by atoms with Crippen molar-refractivity contribution in [2.75, 3.05) is 0 Å². The van der Waals surface area contributed by atoms with Crippen molar-refractivity contribution < 1.29 is 4.79 Å². The molecule has 1 saturated carbocycles. The number of pyridine rings is 1. The molecule has 122 valence electrons. The Balaban J connectivity index is 1.56. The monoisotopic (exact) mass is 313 g/mol. The Hall–Kier alpha value is -2.21. The van der Waals surface area contributed by atoms with Crippen LogP contribution in [0.15, 0.2) is 30.7 Å². The molecule has 0 aliphatic heterocycles. The fraction of sp³-hybridized carbons (Fsp3) is 0.471. The van der Waals surface area contributed by atoms with Gasteiger partial charge in [0.1, 0.15) is 11.6 Å². The predicted octanol–water partition coefficient (Wildman–Crippen LogP) is 1.71. The summed E-state index contributed by atoms with van der Waals surface area (Å²) < 4.78 is 1.92. The van der Waals surface area contributed by atoms with Crippen LogP contribution in [0, 0.1) is 12.8 Å². The average molecular weight is 313 g/mol. The van der Waals surface area contributed by atoms with Gasteiger partial charge in [-0.25, -0.2) is 9.97 Å². The molecule has 2 aromatic heterocycles. The van der Waals surface area contributed by atoms with Crippen LogP contribution in [0.3, 0.4) is 0 Å². The minimum absolute atomic E-state index is 0.0552. The number of carbonyl (C=O) groups excluding carboxylic acids is 1. The number of hydrogen-bond donors (Lipinski definition) is 2. The highest BCUT2D eigenvalue weighted by molar-refractivity contribution is 5.78. The van der Waals surface area contributed by atoms with Crippen molar-refractivity contribution >= 4 is 5.91 Å². The van der Waals surface area contributed by atoms with Crippen molar-refractivity contribution in [2.45, 2.75) is 45.2 Å². The maximum absolute atomic E-state index is 12.2. The van der Waals surface area contributed by atoms with Crippen molar-refractivity contribution in [2.24, 2.45) is 11.7 Å². The lowest BCUT2D eigenvalue weighted by Crippen LogP contribution is -2.37. The van der Waals surface area contributed by atoms with Crippen LogP contribution < -0.4 is 11.1 Å². The van der Waals surface area contributed by atoms with Gasteiger partial charge in [0.25, 0.3) is 0 Å². The first-order valence-corrected chi connectivity index (χ1v) is 8.12. The number of hydrogen-bond acceptors (Lipinski definition) is 4. The lowest BCUT2D eigenvalue weighted by molar-refractivity contribution is -0.126. The molecule has 1 fully saturated rings. The first-order chi connectivity index (χ1) is 11.1. The van der Waals surface area contributed by atoms with Crippen molar-refractivity contribution in [3.05, 3.63) is 42.1 Å². The van der Waals surface area contributed by atoms with E-state index in [2.05, 4.69) is 15.3 Å². The summed E-state index contributed by atoms with van der Waals surface area (Å²) in [5.74, 6) is 1.88. The number of imidazole rings is 1. The number of aryl methyl sites for hydroxylation is 1. The van der Waals surface area contributed by atoms with E-state index in [1.807, 2.05) is 29.8 Å². The molecule has 2 unspecified atom stereocenters. The van der Waals surface area contributed by atoms with E-state index >= 15 is 0 Å². The fourth-order valence-corrected chi connectivity index (χ4v) is 3.08. The topological polar surface area (TPSA) is 85.8 Å². The summed E-state index contributed by atoms with van der Waals surface area (Å²) in [6.07, 6.45) is 9.23. The molecular formula is C17H23N5O. The smallest absolute Gasteiger partial charge is 0.223 e. The van der Waals surface area contributed by atoms with E-state index in [-0.39, 0.29) is 17.9 Å². The van der Waals surface area contributed by atoms with Crippen LogP contribution in [0.5, 0.6) is 0 Å². The van der Waals surface area contributed by atoms with Crippen LogP contribution in [-0.2, 0) is 11.3 Å². The van der Waals surface area contributed by atoms with Crippen LogP contribution in [0.4, 0.5) is 0 Å². The molecule has 0 radical (unpaired) electrons. The maximum Gasteiger partial charge on any atom is 0.223 e. The Labute approximate surface area is 136 Å². The second kappa shape index (κ2) is 6.91. The van der Waals surface area contributed by atoms with Gasteiger partial charge in [-0.2, -0.15) is 0 Å². The van der Waals surface area contributed by atoms with E-state index in [9.17, 15) is 4.79 Å². The van der Waals surface area contributed by atoms with E-state index in [0.717, 1.165) is 42.9 Å². The van der Waals surface area contributed by atoms with Crippen molar-refractivity contribution in [3.63, 3.8) is 0 Å². The molecule has 2 atom stereocenters. The number of aromatic nitrogens is 3. The zero-order valence-electron chi connectivity index (χ0n) is 13.4. The van der Waals surface area contributed by atoms with Gasteiger partial charge in [0.05, 0.1) is 0 Å². The summed E-state index contributed by atoms with van der Waals surface area (Å²) in [4.78, 5) is 20.8. The van der Waals surface area contributed by atoms with Crippen LogP contribution in [0.2, 0.25) is 0 Å². The van der Waals surface area contributed by atoms with Crippen LogP contribution in [0.1, 0.15) is 37.1 Å². The second-order valence-electron chi connectivity index (χ2n) is 6.21. The van der Waals surface area contributed by atoms with Crippen molar-refractivity contribution in [1.29, 1.82) is 0 Å². The number of nitrogens with zero attached hydrogens (tertiary/aromatic N) is 3. The summed E-state index contributed by atoms with van der Waals surface area (Å²) in [6, 6.07) is 4.08. The first kappa shape index (κ1) is 15.7. The van der Waals surface area contributed by atoms with Gasteiger partial charge in [-0.3, -0.25) is 9.36 Å². The van der Waals surface area contributed by atoms with Crippen LogP contribution in [0.25, 0.3) is 5.82 Å². The third-order valence-corrected chi connectivity index (χ3v) is 4.43. The van der Waals surface area contributed by atoms with Crippen LogP contribution >= 0.6 is 0 Å². The zero-order chi connectivity index (χ0) is 16.2. The van der Waals surface area contributed by atoms with Gasteiger partial charge in [-0.1, -0.05) is 12.5 Å². The fourth-order valence-electron chi connectivity index (χ4n) is 3.08. The molecule has 6 heteroatoms. The molecule has 0 spiro atoms. The summed E-state index contributed by atoms with van der Waals surface area (Å²) >= 11 is 0. The molecule has 1 aliphatic rings. The molecule has 0 aromatic carbocycles. The first-order valence-electron chi connectivity index (χ1n) is 8.12. The normalized spacial score (nSPS) is 21.1. The number of nitrogens with two attached hydrogens (primary N) is 1. The predicted molar refractivity (Wildman–Crippen MR) is 87.9 cm³/mol. The lowest BCUT2D eigenvalue weighted by Gasteiger charge is -2.25. The van der Waals surface area contributed by atoms with E-state index < -0.39 is 0 Å². The summed E-state index contributed by atoms with van der Waals surface area (Å²) in [5, 5.41) is 3.00. The minimum atomic E-state index is 0.0552. The lowest BCUT2D eigenvalue weighted by atomic mass is 9.85. The molecule has 1 aliphatic carbocycles. The standard InChI is InChI=1S/C17H23N5O/c1-12-19-7-8-22(12)16-6-5-13(10-20-16)11-21-17(23)14-3-2-4-15(18)9-14/h5-8,10,14-15H,2-4,9,11,18H2,1H3,(H,21,23).